The fraction of sp³-hybridized carbons (Fsp3) is 0.273. The van der Waals surface area contributed by atoms with Crippen molar-refractivity contribution in [1.29, 1.82) is 0 Å². The zero-order valence-corrected chi connectivity index (χ0v) is 11.0. The van der Waals surface area contributed by atoms with E-state index in [1.54, 1.807) is 12.1 Å². The van der Waals surface area contributed by atoms with E-state index in [0.717, 1.165) is 0 Å². The SMILES string of the molecule is COC(=O)CNC(=O)COc1ccc(Cl)cc1Cl. The Labute approximate surface area is 114 Å². The molecule has 0 radical (unpaired) electrons. The molecule has 0 aliphatic heterocycles. The maximum atomic E-state index is 11.3. The molecule has 1 aromatic carbocycles. The van der Waals surface area contributed by atoms with Crippen LogP contribution >= 0.6 is 23.2 Å². The summed E-state index contributed by atoms with van der Waals surface area (Å²) in [6.45, 7) is -0.453. The minimum atomic E-state index is -0.534. The molecule has 1 N–H and O–H groups in total. The van der Waals surface area contributed by atoms with Crippen molar-refractivity contribution in [3.05, 3.63) is 28.2 Å². The highest BCUT2D eigenvalue weighted by Gasteiger charge is 2.08. The topological polar surface area (TPSA) is 64.6 Å². The van der Waals surface area contributed by atoms with E-state index in [1.807, 2.05) is 0 Å². The molecule has 0 heterocycles. The number of carbonyl (C=O) groups excluding carboxylic acids is 2. The number of carbonyl (C=O) groups is 2. The van der Waals surface area contributed by atoms with Crippen LogP contribution in [0, 0.1) is 0 Å². The van der Waals surface area contributed by atoms with Crippen LogP contribution in [0.4, 0.5) is 0 Å². The molecule has 0 spiro atoms. The van der Waals surface area contributed by atoms with Gasteiger partial charge in [0.25, 0.3) is 5.91 Å². The summed E-state index contributed by atoms with van der Waals surface area (Å²) in [6.07, 6.45) is 0. The summed E-state index contributed by atoms with van der Waals surface area (Å²) in [4.78, 5) is 22.1. The van der Waals surface area contributed by atoms with Crippen LogP contribution in [-0.4, -0.2) is 32.1 Å². The van der Waals surface area contributed by atoms with Gasteiger partial charge in [0.2, 0.25) is 0 Å². The van der Waals surface area contributed by atoms with E-state index >= 15 is 0 Å². The van der Waals surface area contributed by atoms with Gasteiger partial charge in [0.05, 0.1) is 12.1 Å². The minimum Gasteiger partial charge on any atom is -0.482 e. The van der Waals surface area contributed by atoms with Crippen LogP contribution in [0.2, 0.25) is 10.0 Å². The van der Waals surface area contributed by atoms with Crippen LogP contribution in [-0.2, 0) is 14.3 Å². The molecule has 0 saturated heterocycles. The van der Waals surface area contributed by atoms with Gasteiger partial charge in [-0.15, -0.1) is 0 Å². The zero-order chi connectivity index (χ0) is 13.5. The number of nitrogens with one attached hydrogen (secondary N) is 1. The first kappa shape index (κ1) is 14.6. The van der Waals surface area contributed by atoms with E-state index in [0.29, 0.717) is 15.8 Å². The standard InChI is InChI=1S/C11H11Cl2NO4/c1-17-11(16)5-14-10(15)6-18-9-3-2-7(12)4-8(9)13/h2-4H,5-6H2,1H3,(H,14,15). The van der Waals surface area contributed by atoms with Crippen LogP contribution < -0.4 is 10.1 Å². The number of rotatable bonds is 5. The van der Waals surface area contributed by atoms with Crippen molar-refractivity contribution in [1.82, 2.24) is 5.32 Å². The third-order valence-electron chi connectivity index (χ3n) is 1.91. The number of methoxy groups -OCH3 is 1. The van der Waals surface area contributed by atoms with Crippen molar-refractivity contribution >= 4 is 35.1 Å². The van der Waals surface area contributed by atoms with Gasteiger partial charge < -0.3 is 14.8 Å². The molecule has 0 saturated carbocycles. The summed E-state index contributed by atoms with van der Waals surface area (Å²) < 4.78 is 9.53. The average molecular weight is 292 g/mol. The molecule has 0 aromatic heterocycles. The molecule has 1 rings (SSSR count). The molecule has 1 aromatic rings. The van der Waals surface area contributed by atoms with E-state index in [1.165, 1.54) is 13.2 Å². The number of ether oxygens (including phenoxy) is 2. The Morgan fingerprint density at radius 3 is 2.67 bits per heavy atom. The summed E-state index contributed by atoms with van der Waals surface area (Å²) in [5.41, 5.74) is 0. The second kappa shape index (κ2) is 7.08. The zero-order valence-electron chi connectivity index (χ0n) is 9.54. The lowest BCUT2D eigenvalue weighted by Crippen LogP contribution is -2.33. The number of benzene rings is 1. The lowest BCUT2D eigenvalue weighted by atomic mass is 10.3. The van der Waals surface area contributed by atoms with Gasteiger partial charge >= 0.3 is 5.97 Å². The summed E-state index contributed by atoms with van der Waals surface area (Å²) in [6, 6.07) is 4.65. The number of esters is 1. The Bertz CT molecular complexity index is 451. The van der Waals surface area contributed by atoms with Gasteiger partial charge in [-0.1, -0.05) is 23.2 Å². The molecule has 18 heavy (non-hydrogen) atoms. The Morgan fingerprint density at radius 2 is 2.06 bits per heavy atom. The highest BCUT2D eigenvalue weighted by molar-refractivity contribution is 6.35. The number of halogens is 2. The highest BCUT2D eigenvalue weighted by Crippen LogP contribution is 2.27. The first-order valence-electron chi connectivity index (χ1n) is 4.94. The fourth-order valence-electron chi connectivity index (χ4n) is 1.03. The third-order valence-corrected chi connectivity index (χ3v) is 2.44. The average Bonchev–Trinajstić information content (AvgIpc) is 2.34. The van der Waals surface area contributed by atoms with Crippen molar-refractivity contribution < 1.29 is 19.1 Å². The molecule has 0 atom stereocenters. The van der Waals surface area contributed by atoms with E-state index in [-0.39, 0.29) is 13.2 Å². The first-order chi connectivity index (χ1) is 8.52. The van der Waals surface area contributed by atoms with Gasteiger partial charge in [-0.25, -0.2) is 0 Å². The Balaban J connectivity index is 2.40. The predicted octanol–water partition coefficient (Wildman–Crippen LogP) is 1.66. The van der Waals surface area contributed by atoms with Crippen molar-refractivity contribution in [3.63, 3.8) is 0 Å². The Kier molecular flexibility index (Phi) is 5.74. The van der Waals surface area contributed by atoms with Crippen molar-refractivity contribution in [2.75, 3.05) is 20.3 Å². The molecule has 98 valence electrons. The third kappa shape index (κ3) is 4.81. The van der Waals surface area contributed by atoms with Gasteiger partial charge in [0, 0.05) is 5.02 Å². The fourth-order valence-corrected chi connectivity index (χ4v) is 1.49. The summed E-state index contributed by atoms with van der Waals surface area (Å²) in [5, 5.41) is 3.11. The predicted molar refractivity (Wildman–Crippen MR) is 67.0 cm³/mol. The van der Waals surface area contributed by atoms with Crippen molar-refractivity contribution in [2.24, 2.45) is 0 Å². The van der Waals surface area contributed by atoms with Crippen LogP contribution in [0.25, 0.3) is 0 Å². The largest absolute Gasteiger partial charge is 0.482 e. The Morgan fingerprint density at radius 1 is 1.33 bits per heavy atom. The molecule has 0 bridgehead atoms. The van der Waals surface area contributed by atoms with Gasteiger partial charge in [-0.05, 0) is 18.2 Å². The maximum absolute atomic E-state index is 11.3. The smallest absolute Gasteiger partial charge is 0.325 e. The molecule has 1 amide bonds. The van der Waals surface area contributed by atoms with Crippen LogP contribution in [0.1, 0.15) is 0 Å². The van der Waals surface area contributed by atoms with Gasteiger partial charge in [0.15, 0.2) is 6.61 Å². The summed E-state index contributed by atoms with van der Waals surface area (Å²) in [7, 11) is 1.23. The van der Waals surface area contributed by atoms with E-state index < -0.39 is 11.9 Å². The molecule has 5 nitrogen and oxygen atoms in total. The van der Waals surface area contributed by atoms with E-state index in [9.17, 15) is 9.59 Å². The lowest BCUT2D eigenvalue weighted by Gasteiger charge is -2.08. The normalized spacial score (nSPS) is 9.72. The monoisotopic (exact) mass is 291 g/mol. The van der Waals surface area contributed by atoms with Gasteiger partial charge in [-0.2, -0.15) is 0 Å². The first-order valence-corrected chi connectivity index (χ1v) is 5.70. The molecule has 0 aliphatic rings. The number of amides is 1. The van der Waals surface area contributed by atoms with Gasteiger partial charge in [-0.3, -0.25) is 9.59 Å². The van der Waals surface area contributed by atoms with Crippen LogP contribution in [0.3, 0.4) is 0 Å². The molecule has 7 heteroatoms. The minimum absolute atomic E-state index is 0.201. The van der Waals surface area contributed by atoms with Crippen LogP contribution in [0.15, 0.2) is 18.2 Å². The van der Waals surface area contributed by atoms with E-state index in [4.69, 9.17) is 27.9 Å². The number of hydrogen-bond donors (Lipinski definition) is 1. The number of hydrogen-bond acceptors (Lipinski definition) is 4. The second-order valence-electron chi connectivity index (χ2n) is 3.22. The van der Waals surface area contributed by atoms with Crippen molar-refractivity contribution in [3.8, 4) is 5.75 Å². The molecule has 0 aliphatic carbocycles. The second-order valence-corrected chi connectivity index (χ2v) is 4.06. The van der Waals surface area contributed by atoms with E-state index in [2.05, 4.69) is 10.1 Å². The molecular formula is C11H11Cl2NO4. The molecule has 0 fully saturated rings. The summed E-state index contributed by atoms with van der Waals surface area (Å²) >= 11 is 11.6. The summed E-state index contributed by atoms with van der Waals surface area (Å²) in [5.74, 6) is -0.645. The quantitative estimate of drug-likeness (QED) is 0.838. The highest BCUT2D eigenvalue weighted by atomic mass is 35.5. The Hall–Kier alpha value is -1.46. The molecule has 0 unspecified atom stereocenters. The molecular weight excluding hydrogens is 281 g/mol. The van der Waals surface area contributed by atoms with Crippen LogP contribution in [0.5, 0.6) is 5.75 Å². The lowest BCUT2D eigenvalue weighted by molar-refractivity contribution is -0.141. The van der Waals surface area contributed by atoms with Crippen molar-refractivity contribution in [2.45, 2.75) is 0 Å². The van der Waals surface area contributed by atoms with Gasteiger partial charge in [0.1, 0.15) is 12.3 Å². The maximum Gasteiger partial charge on any atom is 0.325 e.